The SMILES string of the molecule is CNC1CC(C)(C)Cc2nc(COCC(F)(F)F)sc21. The number of nitrogens with one attached hydrogen (secondary N) is 1. The first-order valence-electron chi connectivity index (χ1n) is 6.50. The first-order valence-corrected chi connectivity index (χ1v) is 7.32. The zero-order valence-corrected chi connectivity index (χ0v) is 12.6. The van der Waals surface area contributed by atoms with Crippen LogP contribution in [0.15, 0.2) is 0 Å². The highest BCUT2D eigenvalue weighted by atomic mass is 32.1. The van der Waals surface area contributed by atoms with E-state index in [-0.39, 0.29) is 18.1 Å². The Morgan fingerprint density at radius 1 is 1.45 bits per heavy atom. The highest BCUT2D eigenvalue weighted by Crippen LogP contribution is 2.42. The predicted octanol–water partition coefficient (Wildman–Crippen LogP) is 3.45. The van der Waals surface area contributed by atoms with Crippen molar-refractivity contribution in [2.24, 2.45) is 5.41 Å². The Bertz CT molecular complexity index is 471. The van der Waals surface area contributed by atoms with Gasteiger partial charge in [0.25, 0.3) is 0 Å². The van der Waals surface area contributed by atoms with Crippen molar-refractivity contribution in [3.8, 4) is 0 Å². The molecule has 1 aliphatic carbocycles. The molecule has 0 saturated heterocycles. The number of rotatable bonds is 4. The lowest BCUT2D eigenvalue weighted by molar-refractivity contribution is -0.176. The van der Waals surface area contributed by atoms with Crippen LogP contribution in [-0.2, 0) is 17.8 Å². The van der Waals surface area contributed by atoms with Crippen LogP contribution in [0.5, 0.6) is 0 Å². The van der Waals surface area contributed by atoms with Crippen molar-refractivity contribution in [1.82, 2.24) is 10.3 Å². The van der Waals surface area contributed by atoms with Crippen LogP contribution in [0.1, 0.15) is 41.9 Å². The predicted molar refractivity (Wildman–Crippen MR) is 71.7 cm³/mol. The number of alkyl halides is 3. The molecule has 3 nitrogen and oxygen atoms in total. The molecule has 1 aromatic heterocycles. The van der Waals surface area contributed by atoms with Gasteiger partial charge in [-0.15, -0.1) is 11.3 Å². The Labute approximate surface area is 120 Å². The molecule has 0 fully saturated rings. The molecule has 0 amide bonds. The Hall–Kier alpha value is -0.660. The van der Waals surface area contributed by atoms with E-state index in [2.05, 4.69) is 28.9 Å². The van der Waals surface area contributed by atoms with E-state index in [1.165, 1.54) is 11.3 Å². The van der Waals surface area contributed by atoms with Crippen LogP contribution in [0.3, 0.4) is 0 Å². The third-order valence-corrected chi connectivity index (χ3v) is 4.52. The fourth-order valence-electron chi connectivity index (χ4n) is 2.53. The van der Waals surface area contributed by atoms with Gasteiger partial charge < -0.3 is 10.1 Å². The topological polar surface area (TPSA) is 34.2 Å². The number of hydrogen-bond donors (Lipinski definition) is 1. The van der Waals surface area contributed by atoms with Gasteiger partial charge in [0, 0.05) is 10.9 Å². The molecule has 1 aromatic rings. The highest BCUT2D eigenvalue weighted by Gasteiger charge is 2.34. The van der Waals surface area contributed by atoms with Gasteiger partial charge in [0.1, 0.15) is 11.6 Å². The largest absolute Gasteiger partial charge is 0.411 e. The van der Waals surface area contributed by atoms with Crippen LogP contribution >= 0.6 is 11.3 Å². The van der Waals surface area contributed by atoms with Crippen molar-refractivity contribution in [3.05, 3.63) is 15.6 Å². The van der Waals surface area contributed by atoms with Crippen LogP contribution in [0, 0.1) is 5.41 Å². The summed E-state index contributed by atoms with van der Waals surface area (Å²) < 4.78 is 40.8. The summed E-state index contributed by atoms with van der Waals surface area (Å²) in [5.41, 5.74) is 1.15. The maximum atomic E-state index is 12.1. The molecule has 1 N–H and O–H groups in total. The van der Waals surface area contributed by atoms with E-state index in [4.69, 9.17) is 0 Å². The fourth-order valence-corrected chi connectivity index (χ4v) is 3.66. The number of hydrogen-bond acceptors (Lipinski definition) is 4. The van der Waals surface area contributed by atoms with Gasteiger partial charge in [-0.05, 0) is 25.3 Å². The molecular formula is C13H19F3N2OS. The van der Waals surface area contributed by atoms with Gasteiger partial charge in [-0.25, -0.2) is 4.98 Å². The van der Waals surface area contributed by atoms with Gasteiger partial charge in [0.05, 0.1) is 12.3 Å². The van der Waals surface area contributed by atoms with E-state index in [0.717, 1.165) is 23.4 Å². The summed E-state index contributed by atoms with van der Waals surface area (Å²) in [5, 5.41) is 3.88. The summed E-state index contributed by atoms with van der Waals surface area (Å²) in [6.45, 7) is 3.06. The average Bonchev–Trinajstić information content (AvgIpc) is 2.67. The van der Waals surface area contributed by atoms with Crippen LogP contribution in [-0.4, -0.2) is 24.8 Å². The van der Waals surface area contributed by atoms with Crippen molar-refractivity contribution in [1.29, 1.82) is 0 Å². The molecule has 0 aromatic carbocycles. The molecule has 1 unspecified atom stereocenters. The quantitative estimate of drug-likeness (QED) is 0.925. The second kappa shape index (κ2) is 5.61. The molecule has 0 saturated carbocycles. The van der Waals surface area contributed by atoms with Crippen molar-refractivity contribution >= 4 is 11.3 Å². The molecule has 2 rings (SSSR count). The maximum absolute atomic E-state index is 12.1. The minimum Gasteiger partial charge on any atom is -0.365 e. The zero-order chi connectivity index (χ0) is 15.0. The van der Waals surface area contributed by atoms with Gasteiger partial charge in [0.15, 0.2) is 0 Å². The standard InChI is InChI=1S/C13H19F3N2OS/c1-12(2)4-8(17-3)11-9(5-12)18-10(20-11)6-19-7-13(14,15)16/h8,17H,4-7H2,1-3H3. The summed E-state index contributed by atoms with van der Waals surface area (Å²) in [4.78, 5) is 5.59. The molecule has 0 aliphatic heterocycles. The number of fused-ring (bicyclic) bond motifs is 1. The Morgan fingerprint density at radius 3 is 2.75 bits per heavy atom. The van der Waals surface area contributed by atoms with E-state index < -0.39 is 12.8 Å². The van der Waals surface area contributed by atoms with E-state index in [1.54, 1.807) is 0 Å². The highest BCUT2D eigenvalue weighted by molar-refractivity contribution is 7.11. The molecule has 0 radical (unpaired) electrons. The Morgan fingerprint density at radius 2 is 2.15 bits per heavy atom. The molecule has 1 heterocycles. The van der Waals surface area contributed by atoms with Gasteiger partial charge in [0.2, 0.25) is 0 Å². The Balaban J connectivity index is 2.06. The third-order valence-electron chi connectivity index (χ3n) is 3.33. The van der Waals surface area contributed by atoms with Crippen molar-refractivity contribution in [2.45, 2.75) is 45.5 Å². The van der Waals surface area contributed by atoms with Crippen molar-refractivity contribution < 1.29 is 17.9 Å². The van der Waals surface area contributed by atoms with Gasteiger partial charge >= 0.3 is 6.18 Å². The van der Waals surface area contributed by atoms with E-state index >= 15 is 0 Å². The summed E-state index contributed by atoms with van der Waals surface area (Å²) >= 11 is 1.45. The summed E-state index contributed by atoms with van der Waals surface area (Å²) in [6, 6.07) is 0.225. The first-order chi connectivity index (χ1) is 9.20. The fraction of sp³-hybridized carbons (Fsp3) is 0.769. The zero-order valence-electron chi connectivity index (χ0n) is 11.8. The summed E-state index contributed by atoms with van der Waals surface area (Å²) in [6.07, 6.45) is -2.43. The number of aromatic nitrogens is 1. The van der Waals surface area contributed by atoms with Gasteiger partial charge in [-0.1, -0.05) is 13.8 Å². The third kappa shape index (κ3) is 3.93. The molecule has 1 aliphatic rings. The number of thiazole rings is 1. The smallest absolute Gasteiger partial charge is 0.365 e. The maximum Gasteiger partial charge on any atom is 0.411 e. The minimum absolute atomic E-state index is 0.0754. The van der Waals surface area contributed by atoms with Crippen LogP contribution in [0.25, 0.3) is 0 Å². The second-order valence-electron chi connectivity index (χ2n) is 5.91. The summed E-state index contributed by atoms with van der Waals surface area (Å²) in [7, 11) is 1.90. The number of ether oxygens (including phenoxy) is 1. The molecule has 0 spiro atoms. The molecule has 7 heteroatoms. The van der Waals surface area contributed by atoms with Gasteiger partial charge in [-0.3, -0.25) is 0 Å². The number of halogens is 3. The van der Waals surface area contributed by atoms with Crippen LogP contribution in [0.2, 0.25) is 0 Å². The molecule has 1 atom stereocenters. The second-order valence-corrected chi connectivity index (χ2v) is 7.03. The molecule has 114 valence electrons. The van der Waals surface area contributed by atoms with Crippen LogP contribution in [0.4, 0.5) is 13.2 Å². The molecule has 20 heavy (non-hydrogen) atoms. The van der Waals surface area contributed by atoms with Crippen molar-refractivity contribution in [2.75, 3.05) is 13.7 Å². The van der Waals surface area contributed by atoms with Crippen molar-refractivity contribution in [3.63, 3.8) is 0 Å². The lowest BCUT2D eigenvalue weighted by Crippen LogP contribution is -2.30. The number of nitrogens with zero attached hydrogens (tertiary/aromatic N) is 1. The normalized spacial score (nSPS) is 21.8. The summed E-state index contributed by atoms with van der Waals surface area (Å²) in [5.74, 6) is 0. The van der Waals surface area contributed by atoms with Crippen LogP contribution < -0.4 is 5.32 Å². The Kier molecular flexibility index (Phi) is 4.41. The van der Waals surface area contributed by atoms with E-state index in [1.807, 2.05) is 7.05 Å². The average molecular weight is 308 g/mol. The van der Waals surface area contributed by atoms with E-state index in [9.17, 15) is 13.2 Å². The monoisotopic (exact) mass is 308 g/mol. The van der Waals surface area contributed by atoms with E-state index in [0.29, 0.717) is 5.01 Å². The minimum atomic E-state index is -4.29. The molecule has 0 bridgehead atoms. The molecular weight excluding hydrogens is 289 g/mol. The lowest BCUT2D eigenvalue weighted by Gasteiger charge is -2.34. The first kappa shape index (κ1) is 15.7. The van der Waals surface area contributed by atoms with Gasteiger partial charge in [-0.2, -0.15) is 13.2 Å². The lowest BCUT2D eigenvalue weighted by atomic mass is 9.76.